The Kier molecular flexibility index (Phi) is 2.88. The van der Waals surface area contributed by atoms with Gasteiger partial charge in [0, 0.05) is 11.9 Å². The molecule has 1 rings (SSSR count). The molecule has 0 atom stereocenters. The van der Waals surface area contributed by atoms with E-state index in [0.717, 1.165) is 6.42 Å². The van der Waals surface area contributed by atoms with E-state index in [-0.39, 0.29) is 8.80 Å². The normalized spacial score (nSPS) is 10.9. The van der Waals surface area contributed by atoms with Crippen molar-refractivity contribution >= 4 is 14.2 Å². The second kappa shape index (κ2) is 3.71. The van der Waals surface area contributed by atoms with Gasteiger partial charge in [-0.05, 0) is 6.42 Å². The number of nitrogens with zero attached hydrogens (tertiary/aromatic N) is 1. The van der Waals surface area contributed by atoms with E-state index in [1.54, 1.807) is 0 Å². The molecule has 1 radical (unpaired) electrons. The predicted octanol–water partition coefficient (Wildman–Crippen LogP) is 1.32. The van der Waals surface area contributed by atoms with E-state index < -0.39 is 0 Å². The fraction of sp³-hybridized carbons (Fsp3) is 0.625. The maximum atomic E-state index is 4.32. The Morgan fingerprint density at radius 1 is 1.55 bits per heavy atom. The fourth-order valence-corrected chi connectivity index (χ4v) is 1.74. The van der Waals surface area contributed by atoms with E-state index in [9.17, 15) is 0 Å². The van der Waals surface area contributed by atoms with E-state index in [2.05, 4.69) is 30.0 Å². The number of hydrogen-bond acceptors (Lipinski definition) is 1. The minimum absolute atomic E-state index is 0.376. The van der Waals surface area contributed by atoms with Crippen LogP contribution in [0.15, 0.2) is 6.20 Å². The van der Waals surface area contributed by atoms with Crippen LogP contribution < -0.4 is 5.45 Å². The number of imidazole rings is 1. The second-order valence-corrected chi connectivity index (χ2v) is 5.48. The van der Waals surface area contributed by atoms with Crippen molar-refractivity contribution in [1.82, 2.24) is 9.97 Å². The molecule has 0 aromatic carbocycles. The molecule has 1 aromatic rings. The van der Waals surface area contributed by atoms with Gasteiger partial charge in [-0.25, -0.2) is 4.98 Å². The average Bonchev–Trinajstić information content (AvgIpc) is 2.37. The monoisotopic (exact) mass is 167 g/mol. The van der Waals surface area contributed by atoms with E-state index in [4.69, 9.17) is 0 Å². The maximum Gasteiger partial charge on any atom is 0.127 e. The first kappa shape index (κ1) is 8.52. The highest BCUT2D eigenvalue weighted by Gasteiger charge is 2.04. The lowest BCUT2D eigenvalue weighted by Gasteiger charge is -1.95. The molecule has 1 aromatic heterocycles. The van der Waals surface area contributed by atoms with E-state index in [1.165, 1.54) is 17.6 Å². The Morgan fingerprint density at radius 2 is 2.27 bits per heavy atom. The van der Waals surface area contributed by atoms with Crippen molar-refractivity contribution in [3.63, 3.8) is 0 Å². The SMILES string of the molecule is CCCc1cnc([Si](C)C)[nH]1. The number of nitrogens with one attached hydrogen (secondary N) is 1. The number of H-pyrrole nitrogens is 1. The number of aromatic amines is 1. The van der Waals surface area contributed by atoms with Crippen molar-refractivity contribution in [3.05, 3.63) is 11.9 Å². The van der Waals surface area contributed by atoms with Gasteiger partial charge in [-0.1, -0.05) is 26.4 Å². The van der Waals surface area contributed by atoms with Gasteiger partial charge in [0.25, 0.3) is 0 Å². The molecule has 0 spiro atoms. The summed E-state index contributed by atoms with van der Waals surface area (Å²) in [6.45, 7) is 6.68. The van der Waals surface area contributed by atoms with Crippen LogP contribution in [0.4, 0.5) is 0 Å². The summed E-state index contributed by atoms with van der Waals surface area (Å²) >= 11 is 0. The lowest BCUT2D eigenvalue weighted by molar-refractivity contribution is 0.894. The summed E-state index contributed by atoms with van der Waals surface area (Å²) in [5.74, 6) is 0. The quantitative estimate of drug-likeness (QED) is 0.676. The van der Waals surface area contributed by atoms with Crippen molar-refractivity contribution in [2.75, 3.05) is 0 Å². The van der Waals surface area contributed by atoms with Crippen LogP contribution in [0.2, 0.25) is 13.1 Å². The highest BCUT2D eigenvalue weighted by molar-refractivity contribution is 6.69. The predicted molar refractivity (Wildman–Crippen MR) is 49.7 cm³/mol. The molecule has 0 aliphatic rings. The topological polar surface area (TPSA) is 28.7 Å². The average molecular weight is 167 g/mol. The molecule has 1 heterocycles. The molecule has 3 heteroatoms. The standard InChI is InChI=1S/C8H15N2Si/c1-4-5-7-6-9-8(10-7)11(2)3/h6H,4-5H2,1-3H3,(H,9,10). The molecule has 61 valence electrons. The molecular formula is C8H15N2Si. The Morgan fingerprint density at radius 3 is 2.73 bits per heavy atom. The van der Waals surface area contributed by atoms with Crippen LogP contribution in [-0.2, 0) is 6.42 Å². The fourth-order valence-electron chi connectivity index (χ4n) is 1.01. The first-order valence-corrected chi connectivity index (χ1v) is 6.58. The first-order valence-electron chi connectivity index (χ1n) is 4.08. The maximum absolute atomic E-state index is 4.32. The zero-order chi connectivity index (χ0) is 8.27. The lowest BCUT2D eigenvalue weighted by Crippen LogP contribution is -2.26. The van der Waals surface area contributed by atoms with Gasteiger partial charge in [0.05, 0.1) is 5.45 Å². The summed E-state index contributed by atoms with van der Waals surface area (Å²) in [6.07, 6.45) is 4.29. The van der Waals surface area contributed by atoms with Gasteiger partial charge < -0.3 is 4.98 Å². The van der Waals surface area contributed by atoms with Gasteiger partial charge in [0.15, 0.2) is 0 Å². The summed E-state index contributed by atoms with van der Waals surface area (Å²) < 4.78 is 0. The summed E-state index contributed by atoms with van der Waals surface area (Å²) in [5.41, 5.74) is 2.49. The van der Waals surface area contributed by atoms with Crippen LogP contribution in [0.1, 0.15) is 19.0 Å². The van der Waals surface area contributed by atoms with Gasteiger partial charge in [0.1, 0.15) is 8.80 Å². The molecule has 2 nitrogen and oxygen atoms in total. The van der Waals surface area contributed by atoms with Gasteiger partial charge >= 0.3 is 0 Å². The van der Waals surface area contributed by atoms with Crippen molar-refractivity contribution < 1.29 is 0 Å². The third-order valence-electron chi connectivity index (χ3n) is 1.62. The van der Waals surface area contributed by atoms with Crippen molar-refractivity contribution in [1.29, 1.82) is 0 Å². The zero-order valence-electron chi connectivity index (χ0n) is 7.44. The smallest absolute Gasteiger partial charge is 0.127 e. The number of hydrogen-bond donors (Lipinski definition) is 1. The van der Waals surface area contributed by atoms with Crippen LogP contribution in [0.5, 0.6) is 0 Å². The molecule has 11 heavy (non-hydrogen) atoms. The van der Waals surface area contributed by atoms with Crippen molar-refractivity contribution in [2.45, 2.75) is 32.9 Å². The highest BCUT2D eigenvalue weighted by atomic mass is 28.3. The van der Waals surface area contributed by atoms with Crippen molar-refractivity contribution in [2.24, 2.45) is 0 Å². The summed E-state index contributed by atoms with van der Waals surface area (Å²) in [7, 11) is -0.376. The Hall–Kier alpha value is -0.573. The summed E-state index contributed by atoms with van der Waals surface area (Å²) in [5, 5.41) is 0. The third-order valence-corrected chi connectivity index (χ3v) is 2.82. The molecule has 0 saturated carbocycles. The molecule has 0 amide bonds. The minimum atomic E-state index is -0.376. The third kappa shape index (κ3) is 2.18. The Labute approximate surface area is 69.7 Å². The molecule has 0 unspecified atom stereocenters. The highest BCUT2D eigenvalue weighted by Crippen LogP contribution is 1.95. The second-order valence-electron chi connectivity index (χ2n) is 3.01. The van der Waals surface area contributed by atoms with E-state index in [0.29, 0.717) is 0 Å². The zero-order valence-corrected chi connectivity index (χ0v) is 8.44. The molecule has 1 N–H and O–H groups in total. The van der Waals surface area contributed by atoms with Crippen LogP contribution in [0.25, 0.3) is 0 Å². The lowest BCUT2D eigenvalue weighted by atomic mass is 10.3. The number of aromatic nitrogens is 2. The van der Waals surface area contributed by atoms with Gasteiger partial charge in [-0.15, -0.1) is 0 Å². The molecule has 0 fully saturated rings. The Balaban J connectivity index is 2.66. The molecule has 0 bridgehead atoms. The number of rotatable bonds is 3. The summed E-state index contributed by atoms with van der Waals surface area (Å²) in [6, 6.07) is 0. The largest absolute Gasteiger partial charge is 0.350 e. The van der Waals surface area contributed by atoms with Crippen LogP contribution in [-0.4, -0.2) is 18.8 Å². The molecule has 0 aliphatic heterocycles. The van der Waals surface area contributed by atoms with E-state index >= 15 is 0 Å². The molecule has 0 aliphatic carbocycles. The van der Waals surface area contributed by atoms with Crippen LogP contribution in [0, 0.1) is 0 Å². The summed E-state index contributed by atoms with van der Waals surface area (Å²) in [4.78, 5) is 7.67. The van der Waals surface area contributed by atoms with Crippen molar-refractivity contribution in [3.8, 4) is 0 Å². The Bertz CT molecular complexity index is 218. The van der Waals surface area contributed by atoms with Gasteiger partial charge in [-0.2, -0.15) is 0 Å². The number of aryl methyl sites for hydroxylation is 1. The molecule has 0 saturated heterocycles. The molecular weight excluding hydrogens is 152 g/mol. The first-order chi connectivity index (χ1) is 5.24. The van der Waals surface area contributed by atoms with Crippen LogP contribution >= 0.6 is 0 Å². The minimum Gasteiger partial charge on any atom is -0.350 e. The van der Waals surface area contributed by atoms with Crippen LogP contribution in [0.3, 0.4) is 0 Å². The van der Waals surface area contributed by atoms with Gasteiger partial charge in [-0.3, -0.25) is 0 Å². The van der Waals surface area contributed by atoms with E-state index in [1.807, 2.05) is 6.20 Å². The van der Waals surface area contributed by atoms with Gasteiger partial charge in [0.2, 0.25) is 0 Å².